The molecule has 5 heteroatoms. The van der Waals surface area contributed by atoms with E-state index >= 15 is 0 Å². The molecular weight excluding hydrogens is 299 g/mol. The Morgan fingerprint density at radius 2 is 1.71 bits per heavy atom. The summed E-state index contributed by atoms with van der Waals surface area (Å²) in [5, 5.41) is 3.03. The Hall–Kier alpha value is -1.52. The van der Waals surface area contributed by atoms with Gasteiger partial charge in [0.15, 0.2) is 0 Å². The van der Waals surface area contributed by atoms with Crippen molar-refractivity contribution in [1.29, 1.82) is 0 Å². The molecule has 112 valence electrons. The molecule has 2 rings (SSSR count). The monoisotopic (exact) mass is 313 g/mol. The van der Waals surface area contributed by atoms with Crippen LogP contribution in [0.15, 0.2) is 30.3 Å². The molecule has 0 fully saturated rings. The lowest BCUT2D eigenvalue weighted by Crippen LogP contribution is -2.25. The van der Waals surface area contributed by atoms with Crippen molar-refractivity contribution in [2.75, 3.05) is 6.54 Å². The maximum atomic E-state index is 14.3. The van der Waals surface area contributed by atoms with Crippen molar-refractivity contribution in [3.63, 3.8) is 0 Å². The molecule has 0 saturated carbocycles. The lowest BCUT2D eigenvalue weighted by molar-refractivity contribution is 0.492. The van der Waals surface area contributed by atoms with Crippen LogP contribution in [0.4, 0.5) is 13.2 Å². The number of hydrogen-bond acceptors (Lipinski definition) is 1. The predicted molar refractivity (Wildman–Crippen MR) is 78.0 cm³/mol. The quantitative estimate of drug-likeness (QED) is 0.857. The second-order valence-electron chi connectivity index (χ2n) is 4.72. The highest BCUT2D eigenvalue weighted by Gasteiger charge is 2.26. The van der Waals surface area contributed by atoms with Crippen LogP contribution in [-0.2, 0) is 0 Å². The molecule has 0 aliphatic carbocycles. The number of nitrogens with one attached hydrogen (secondary N) is 1. The number of rotatable bonds is 4. The Morgan fingerprint density at radius 1 is 1.05 bits per heavy atom. The van der Waals surface area contributed by atoms with Gasteiger partial charge in [-0.1, -0.05) is 30.7 Å². The van der Waals surface area contributed by atoms with E-state index in [0.717, 1.165) is 0 Å². The third kappa shape index (κ3) is 3.06. The molecule has 0 saturated heterocycles. The number of aryl methyl sites for hydroxylation is 1. The topological polar surface area (TPSA) is 12.0 Å². The van der Waals surface area contributed by atoms with Gasteiger partial charge in [0.25, 0.3) is 0 Å². The first-order valence-corrected chi connectivity index (χ1v) is 6.97. The van der Waals surface area contributed by atoms with Crippen molar-refractivity contribution in [2.24, 2.45) is 0 Å². The molecule has 2 aromatic carbocycles. The van der Waals surface area contributed by atoms with Crippen molar-refractivity contribution in [1.82, 2.24) is 5.32 Å². The molecule has 1 N–H and O–H groups in total. The molecule has 0 aliphatic rings. The zero-order chi connectivity index (χ0) is 15.6. The maximum Gasteiger partial charge on any atom is 0.134 e. The second-order valence-corrected chi connectivity index (χ2v) is 5.13. The van der Waals surface area contributed by atoms with E-state index in [1.54, 1.807) is 6.92 Å². The van der Waals surface area contributed by atoms with Crippen molar-refractivity contribution in [3.05, 3.63) is 69.5 Å². The molecule has 0 aliphatic heterocycles. The summed E-state index contributed by atoms with van der Waals surface area (Å²) >= 11 is 6.03. The Labute approximate surface area is 126 Å². The van der Waals surface area contributed by atoms with E-state index < -0.39 is 23.5 Å². The summed E-state index contributed by atoms with van der Waals surface area (Å²) in [4.78, 5) is 0. The molecule has 0 spiro atoms. The van der Waals surface area contributed by atoms with Gasteiger partial charge in [0.1, 0.15) is 17.5 Å². The fourth-order valence-electron chi connectivity index (χ4n) is 2.28. The van der Waals surface area contributed by atoms with Gasteiger partial charge in [-0.25, -0.2) is 13.2 Å². The van der Waals surface area contributed by atoms with Crippen LogP contribution in [0.1, 0.15) is 29.7 Å². The Bertz CT molecular complexity index is 638. The molecule has 1 atom stereocenters. The van der Waals surface area contributed by atoms with Gasteiger partial charge in [0.05, 0.1) is 6.04 Å². The standard InChI is InChI=1S/C16H15ClF3N/c1-3-21-16(13-10(17)5-4-6-11(13)18)14-12(19)8-7-9(2)15(14)20/h4-8,16,21H,3H2,1-2H3. The molecule has 1 unspecified atom stereocenters. The highest BCUT2D eigenvalue weighted by Crippen LogP contribution is 2.34. The second kappa shape index (κ2) is 6.50. The highest BCUT2D eigenvalue weighted by atomic mass is 35.5. The number of benzene rings is 2. The maximum absolute atomic E-state index is 14.3. The first-order chi connectivity index (χ1) is 9.97. The summed E-state index contributed by atoms with van der Waals surface area (Å²) < 4.78 is 42.6. The Morgan fingerprint density at radius 3 is 2.33 bits per heavy atom. The zero-order valence-electron chi connectivity index (χ0n) is 11.7. The highest BCUT2D eigenvalue weighted by molar-refractivity contribution is 6.31. The third-order valence-electron chi connectivity index (χ3n) is 3.30. The molecule has 21 heavy (non-hydrogen) atoms. The normalized spacial score (nSPS) is 12.5. The van der Waals surface area contributed by atoms with E-state index in [1.807, 2.05) is 0 Å². The lowest BCUT2D eigenvalue weighted by Gasteiger charge is -2.22. The average Bonchev–Trinajstić information content (AvgIpc) is 2.43. The largest absolute Gasteiger partial charge is 0.306 e. The predicted octanol–water partition coefficient (Wildman–Crippen LogP) is 4.76. The summed E-state index contributed by atoms with van der Waals surface area (Å²) in [6, 6.07) is 5.70. The van der Waals surface area contributed by atoms with E-state index in [1.165, 1.54) is 37.3 Å². The summed E-state index contributed by atoms with van der Waals surface area (Å²) in [6.07, 6.45) is 0. The van der Waals surface area contributed by atoms with Crippen LogP contribution in [0.3, 0.4) is 0 Å². The molecule has 0 radical (unpaired) electrons. The van der Waals surface area contributed by atoms with Crippen LogP contribution in [0.2, 0.25) is 5.02 Å². The number of hydrogen-bond donors (Lipinski definition) is 1. The van der Waals surface area contributed by atoms with Crippen molar-refractivity contribution >= 4 is 11.6 Å². The van der Waals surface area contributed by atoms with Crippen LogP contribution < -0.4 is 5.32 Å². The molecule has 0 aromatic heterocycles. The van der Waals surface area contributed by atoms with Gasteiger partial charge in [-0.3, -0.25) is 0 Å². The fourth-order valence-corrected chi connectivity index (χ4v) is 2.55. The van der Waals surface area contributed by atoms with E-state index in [4.69, 9.17) is 11.6 Å². The first kappa shape index (κ1) is 15.9. The summed E-state index contributed by atoms with van der Waals surface area (Å²) in [6.45, 7) is 3.71. The minimum absolute atomic E-state index is 0.0458. The van der Waals surface area contributed by atoms with Crippen molar-refractivity contribution in [3.8, 4) is 0 Å². The van der Waals surface area contributed by atoms with Crippen LogP contribution >= 0.6 is 11.6 Å². The van der Waals surface area contributed by atoms with Gasteiger partial charge in [-0.2, -0.15) is 0 Å². The molecule has 0 amide bonds. The number of halogens is 4. The van der Waals surface area contributed by atoms with E-state index in [0.29, 0.717) is 12.1 Å². The van der Waals surface area contributed by atoms with Crippen LogP contribution in [-0.4, -0.2) is 6.54 Å². The summed E-state index contributed by atoms with van der Waals surface area (Å²) in [5.74, 6) is -2.03. The van der Waals surface area contributed by atoms with E-state index in [2.05, 4.69) is 5.32 Å². The van der Waals surface area contributed by atoms with Crippen LogP contribution in [0, 0.1) is 24.4 Å². The molecule has 0 bridgehead atoms. The Kier molecular flexibility index (Phi) is 4.91. The summed E-state index contributed by atoms with van der Waals surface area (Å²) in [5.41, 5.74) is 0.120. The van der Waals surface area contributed by atoms with E-state index in [-0.39, 0.29) is 16.1 Å². The molecular formula is C16H15ClF3N. The first-order valence-electron chi connectivity index (χ1n) is 6.59. The van der Waals surface area contributed by atoms with Gasteiger partial charge >= 0.3 is 0 Å². The minimum atomic E-state index is -0.983. The molecule has 0 heterocycles. The summed E-state index contributed by atoms with van der Waals surface area (Å²) in [7, 11) is 0. The van der Waals surface area contributed by atoms with Gasteiger partial charge in [-0.05, 0) is 37.2 Å². The minimum Gasteiger partial charge on any atom is -0.306 e. The lowest BCUT2D eigenvalue weighted by atomic mass is 9.95. The molecule has 1 nitrogen and oxygen atoms in total. The Balaban J connectivity index is 2.68. The fraction of sp³-hybridized carbons (Fsp3) is 0.250. The van der Waals surface area contributed by atoms with E-state index in [9.17, 15) is 13.2 Å². The zero-order valence-corrected chi connectivity index (χ0v) is 12.4. The molecule has 2 aromatic rings. The van der Waals surface area contributed by atoms with Gasteiger partial charge in [0, 0.05) is 16.1 Å². The third-order valence-corrected chi connectivity index (χ3v) is 3.63. The van der Waals surface area contributed by atoms with Crippen molar-refractivity contribution < 1.29 is 13.2 Å². The van der Waals surface area contributed by atoms with Crippen LogP contribution in [0.25, 0.3) is 0 Å². The van der Waals surface area contributed by atoms with Gasteiger partial charge in [-0.15, -0.1) is 0 Å². The van der Waals surface area contributed by atoms with Crippen molar-refractivity contribution in [2.45, 2.75) is 19.9 Å². The smallest absolute Gasteiger partial charge is 0.134 e. The average molecular weight is 314 g/mol. The van der Waals surface area contributed by atoms with Gasteiger partial charge < -0.3 is 5.32 Å². The SMILES string of the molecule is CCNC(c1c(F)cccc1Cl)c1c(F)ccc(C)c1F. The van der Waals surface area contributed by atoms with Crippen LogP contribution in [0.5, 0.6) is 0 Å². The van der Waals surface area contributed by atoms with Gasteiger partial charge in [0.2, 0.25) is 0 Å².